The van der Waals surface area contributed by atoms with Crippen LogP contribution >= 0.6 is 0 Å². The Labute approximate surface area is 119 Å². The van der Waals surface area contributed by atoms with E-state index in [-0.39, 0.29) is 6.61 Å². The van der Waals surface area contributed by atoms with Gasteiger partial charge in [-0.15, -0.1) is 0 Å². The zero-order chi connectivity index (χ0) is 14.0. The van der Waals surface area contributed by atoms with Crippen molar-refractivity contribution >= 4 is 0 Å². The van der Waals surface area contributed by atoms with E-state index in [2.05, 4.69) is 35.5 Å². The Balaban J connectivity index is 1.98. The standard InChI is InChI=1S/C19H12O/c20-16-19-14-12-18(13-15-19)11-5-2-1-4-8-17-9-6-3-7-10-17/h3,6-7,9-10,12-15,20H,16H2. The van der Waals surface area contributed by atoms with Crippen LogP contribution in [0.25, 0.3) is 0 Å². The van der Waals surface area contributed by atoms with E-state index < -0.39 is 0 Å². The predicted octanol–water partition coefficient (Wildman–Crippen LogP) is 2.59. The van der Waals surface area contributed by atoms with E-state index in [9.17, 15) is 0 Å². The fourth-order valence-corrected chi connectivity index (χ4v) is 1.48. The van der Waals surface area contributed by atoms with Crippen molar-refractivity contribution in [3.8, 4) is 35.5 Å². The van der Waals surface area contributed by atoms with Crippen LogP contribution in [0, 0.1) is 35.5 Å². The molecule has 0 unspecified atom stereocenters. The first kappa shape index (κ1) is 13.5. The smallest absolute Gasteiger partial charge is 0.0681 e. The summed E-state index contributed by atoms with van der Waals surface area (Å²) in [4.78, 5) is 0. The van der Waals surface area contributed by atoms with Crippen molar-refractivity contribution in [2.75, 3.05) is 0 Å². The second-order valence-corrected chi connectivity index (χ2v) is 3.97. The molecular formula is C19H12O. The lowest BCUT2D eigenvalue weighted by Gasteiger charge is -1.93. The number of aliphatic hydroxyl groups excluding tert-OH is 1. The monoisotopic (exact) mass is 256 g/mol. The summed E-state index contributed by atoms with van der Waals surface area (Å²) in [5.41, 5.74) is 2.68. The van der Waals surface area contributed by atoms with Crippen molar-refractivity contribution in [2.24, 2.45) is 0 Å². The van der Waals surface area contributed by atoms with Crippen LogP contribution in [-0.2, 0) is 6.61 Å². The summed E-state index contributed by atoms with van der Waals surface area (Å²) in [6.07, 6.45) is 0. The summed E-state index contributed by atoms with van der Waals surface area (Å²) >= 11 is 0. The molecule has 0 heterocycles. The summed E-state index contributed by atoms with van der Waals surface area (Å²) in [5, 5.41) is 8.92. The molecule has 0 aromatic heterocycles. The average molecular weight is 256 g/mol. The van der Waals surface area contributed by atoms with E-state index in [4.69, 9.17) is 5.11 Å². The maximum atomic E-state index is 8.92. The molecule has 0 saturated heterocycles. The van der Waals surface area contributed by atoms with Crippen LogP contribution in [0.4, 0.5) is 0 Å². The molecule has 94 valence electrons. The fourth-order valence-electron chi connectivity index (χ4n) is 1.48. The summed E-state index contributed by atoms with van der Waals surface area (Å²) in [5.74, 6) is 16.8. The SMILES string of the molecule is OCc1ccc(C#CC#CC#Cc2ccccc2)cc1. The minimum Gasteiger partial charge on any atom is -0.392 e. The third-order valence-corrected chi connectivity index (χ3v) is 2.51. The molecule has 2 aromatic rings. The van der Waals surface area contributed by atoms with Gasteiger partial charge in [-0.1, -0.05) is 42.2 Å². The molecule has 0 aliphatic rings. The molecule has 0 fully saturated rings. The van der Waals surface area contributed by atoms with Gasteiger partial charge >= 0.3 is 0 Å². The number of aliphatic hydroxyl groups is 1. The Morgan fingerprint density at radius 2 is 1.20 bits per heavy atom. The van der Waals surface area contributed by atoms with Crippen LogP contribution in [0.5, 0.6) is 0 Å². The lowest BCUT2D eigenvalue weighted by atomic mass is 10.1. The van der Waals surface area contributed by atoms with Crippen molar-refractivity contribution in [3.63, 3.8) is 0 Å². The highest BCUT2D eigenvalue weighted by Gasteiger charge is 1.88. The van der Waals surface area contributed by atoms with Crippen LogP contribution in [0.3, 0.4) is 0 Å². The Kier molecular flexibility index (Phi) is 5.07. The number of benzene rings is 2. The molecular weight excluding hydrogens is 244 g/mol. The quantitative estimate of drug-likeness (QED) is 0.778. The summed E-state index contributed by atoms with van der Waals surface area (Å²) in [6, 6.07) is 17.1. The molecule has 0 amide bonds. The zero-order valence-electron chi connectivity index (χ0n) is 10.9. The number of hydrogen-bond donors (Lipinski definition) is 1. The molecule has 1 N–H and O–H groups in total. The lowest BCUT2D eigenvalue weighted by molar-refractivity contribution is 0.282. The van der Waals surface area contributed by atoms with Crippen molar-refractivity contribution in [3.05, 3.63) is 71.3 Å². The van der Waals surface area contributed by atoms with Gasteiger partial charge in [0.1, 0.15) is 0 Å². The van der Waals surface area contributed by atoms with Gasteiger partial charge < -0.3 is 5.11 Å². The van der Waals surface area contributed by atoms with Crippen molar-refractivity contribution in [1.82, 2.24) is 0 Å². The maximum absolute atomic E-state index is 8.92. The fraction of sp³-hybridized carbons (Fsp3) is 0.0526. The van der Waals surface area contributed by atoms with Crippen LogP contribution in [0.1, 0.15) is 16.7 Å². The van der Waals surface area contributed by atoms with E-state index in [0.29, 0.717) is 0 Å². The van der Waals surface area contributed by atoms with Crippen LogP contribution in [0.2, 0.25) is 0 Å². The van der Waals surface area contributed by atoms with Gasteiger partial charge in [-0.05, 0) is 53.5 Å². The van der Waals surface area contributed by atoms with E-state index in [0.717, 1.165) is 16.7 Å². The largest absolute Gasteiger partial charge is 0.392 e. The van der Waals surface area contributed by atoms with Crippen molar-refractivity contribution < 1.29 is 5.11 Å². The highest BCUT2D eigenvalue weighted by molar-refractivity contribution is 5.45. The maximum Gasteiger partial charge on any atom is 0.0681 e. The van der Waals surface area contributed by atoms with Gasteiger partial charge in [0.15, 0.2) is 0 Å². The first-order valence-electron chi connectivity index (χ1n) is 6.15. The van der Waals surface area contributed by atoms with Crippen LogP contribution in [-0.4, -0.2) is 5.11 Å². The average Bonchev–Trinajstić information content (AvgIpc) is 2.52. The molecule has 20 heavy (non-hydrogen) atoms. The molecule has 2 rings (SSSR count). The third-order valence-electron chi connectivity index (χ3n) is 2.51. The lowest BCUT2D eigenvalue weighted by Crippen LogP contribution is -1.81. The van der Waals surface area contributed by atoms with Crippen molar-refractivity contribution in [1.29, 1.82) is 0 Å². The van der Waals surface area contributed by atoms with Gasteiger partial charge in [0.05, 0.1) is 6.61 Å². The Bertz CT molecular complexity index is 736. The molecule has 0 atom stereocenters. The van der Waals surface area contributed by atoms with Crippen molar-refractivity contribution in [2.45, 2.75) is 6.61 Å². The Morgan fingerprint density at radius 1 is 0.650 bits per heavy atom. The van der Waals surface area contributed by atoms with Crippen LogP contribution in [0.15, 0.2) is 54.6 Å². The Morgan fingerprint density at radius 3 is 1.75 bits per heavy atom. The minimum absolute atomic E-state index is 0.0442. The Hall–Kier alpha value is -2.92. The molecule has 0 aliphatic heterocycles. The molecule has 0 spiro atoms. The van der Waals surface area contributed by atoms with Gasteiger partial charge in [0, 0.05) is 11.1 Å². The van der Waals surface area contributed by atoms with Gasteiger partial charge in [0.2, 0.25) is 0 Å². The van der Waals surface area contributed by atoms with E-state index in [1.165, 1.54) is 0 Å². The highest BCUT2D eigenvalue weighted by atomic mass is 16.3. The highest BCUT2D eigenvalue weighted by Crippen LogP contribution is 2.02. The predicted molar refractivity (Wildman–Crippen MR) is 80.3 cm³/mol. The summed E-state index contributed by atoms with van der Waals surface area (Å²) in [6.45, 7) is 0.0442. The number of hydrogen-bond acceptors (Lipinski definition) is 1. The third kappa shape index (κ3) is 4.40. The second-order valence-electron chi connectivity index (χ2n) is 3.97. The van der Waals surface area contributed by atoms with Gasteiger partial charge in [0.25, 0.3) is 0 Å². The van der Waals surface area contributed by atoms with E-state index in [1.807, 2.05) is 54.6 Å². The molecule has 0 saturated carbocycles. The first-order chi connectivity index (χ1) is 9.88. The van der Waals surface area contributed by atoms with Gasteiger partial charge in [-0.3, -0.25) is 0 Å². The normalized spacial score (nSPS) is 8.25. The number of rotatable bonds is 1. The minimum atomic E-state index is 0.0442. The molecule has 1 heteroatoms. The van der Waals surface area contributed by atoms with Crippen LogP contribution < -0.4 is 0 Å². The van der Waals surface area contributed by atoms with E-state index >= 15 is 0 Å². The topological polar surface area (TPSA) is 20.2 Å². The zero-order valence-corrected chi connectivity index (χ0v) is 10.9. The summed E-state index contributed by atoms with van der Waals surface area (Å²) < 4.78 is 0. The molecule has 0 aliphatic carbocycles. The molecule has 0 radical (unpaired) electrons. The molecule has 1 nitrogen and oxygen atoms in total. The molecule has 0 bridgehead atoms. The van der Waals surface area contributed by atoms with Gasteiger partial charge in [-0.2, -0.15) is 0 Å². The van der Waals surface area contributed by atoms with Gasteiger partial charge in [-0.25, -0.2) is 0 Å². The first-order valence-corrected chi connectivity index (χ1v) is 6.15. The second kappa shape index (κ2) is 7.50. The summed E-state index contributed by atoms with van der Waals surface area (Å²) in [7, 11) is 0. The van der Waals surface area contributed by atoms with E-state index in [1.54, 1.807) is 0 Å². The molecule has 2 aromatic carbocycles.